The molecule has 0 atom stereocenters. The van der Waals surface area contributed by atoms with E-state index in [0.29, 0.717) is 0 Å². The van der Waals surface area contributed by atoms with Crippen LogP contribution in [0.25, 0.3) is 6.08 Å². The number of nitro groups is 4. The van der Waals surface area contributed by atoms with Crippen molar-refractivity contribution in [2.75, 3.05) is 6.61 Å². The average Bonchev–Trinajstić information content (AvgIpc) is 2.77. The second-order valence-electron chi connectivity index (χ2n) is 5.72. The molecule has 0 aliphatic rings. The predicted octanol–water partition coefficient (Wildman–Crippen LogP) is 3.39. The Labute approximate surface area is 183 Å². The maximum atomic E-state index is 11.1. The zero-order valence-electron chi connectivity index (χ0n) is 16.7. The minimum absolute atomic E-state index is 0.0867. The molecule has 0 aliphatic heterocycles. The van der Waals surface area contributed by atoms with Crippen molar-refractivity contribution in [2.24, 2.45) is 0 Å². The lowest BCUT2D eigenvalue weighted by Crippen LogP contribution is -1.99. The van der Waals surface area contributed by atoms with E-state index in [1.54, 1.807) is 6.92 Å². The average molecular weight is 462 g/mol. The molecule has 0 spiro atoms. The van der Waals surface area contributed by atoms with E-state index in [0.717, 1.165) is 36.4 Å². The Kier molecular flexibility index (Phi) is 9.39. The summed E-state index contributed by atoms with van der Waals surface area (Å²) in [7, 11) is 0. The van der Waals surface area contributed by atoms with E-state index in [4.69, 9.17) is 0 Å². The van der Waals surface area contributed by atoms with Gasteiger partial charge in [-0.1, -0.05) is 0 Å². The van der Waals surface area contributed by atoms with Gasteiger partial charge < -0.3 is 4.74 Å². The molecule has 0 amide bonds. The number of non-ortho nitro benzene ring substituents is 2. The molecule has 15 heteroatoms. The first-order valence-corrected chi connectivity index (χ1v) is 8.67. The standard InChI is InChI=1S/C11H10N2O6.C7H4N2O5/c1-2-19-11(14)6-4-8-3-5-9(12(15)16)7-10(8)13(17)18;10-4-5-1-2-6(8(11)12)3-7(5)9(13)14/h3-7H,2H2,1H3;1-4H/b6-4+;. The van der Waals surface area contributed by atoms with Gasteiger partial charge in [0, 0.05) is 18.2 Å². The van der Waals surface area contributed by atoms with Gasteiger partial charge in [0.05, 0.1) is 49.6 Å². The van der Waals surface area contributed by atoms with Gasteiger partial charge in [-0.3, -0.25) is 45.3 Å². The molecule has 2 aromatic rings. The molecule has 0 aromatic heterocycles. The molecule has 0 aliphatic carbocycles. The van der Waals surface area contributed by atoms with Gasteiger partial charge in [0.1, 0.15) is 0 Å². The van der Waals surface area contributed by atoms with Crippen LogP contribution in [0.1, 0.15) is 22.8 Å². The number of carbonyl (C=O) groups is 2. The molecule has 0 N–H and O–H groups in total. The molecule has 0 fully saturated rings. The lowest BCUT2D eigenvalue weighted by Gasteiger charge is -1.98. The van der Waals surface area contributed by atoms with Gasteiger partial charge in [-0.2, -0.15) is 0 Å². The summed E-state index contributed by atoms with van der Waals surface area (Å²) < 4.78 is 4.62. The Bertz CT molecular complexity index is 1140. The largest absolute Gasteiger partial charge is 0.463 e. The van der Waals surface area contributed by atoms with E-state index < -0.39 is 42.7 Å². The fraction of sp³-hybridized carbons (Fsp3) is 0.111. The number of benzene rings is 2. The quantitative estimate of drug-likeness (QED) is 0.182. The molecule has 2 aromatic carbocycles. The van der Waals surface area contributed by atoms with Crippen LogP contribution in [0.4, 0.5) is 22.7 Å². The number of hydrogen-bond acceptors (Lipinski definition) is 11. The number of nitro benzene ring substituents is 4. The Morgan fingerprint density at radius 1 is 0.818 bits per heavy atom. The van der Waals surface area contributed by atoms with Crippen molar-refractivity contribution in [1.29, 1.82) is 0 Å². The van der Waals surface area contributed by atoms with Gasteiger partial charge >= 0.3 is 5.97 Å². The van der Waals surface area contributed by atoms with Gasteiger partial charge in [0.15, 0.2) is 6.29 Å². The van der Waals surface area contributed by atoms with E-state index in [9.17, 15) is 50.0 Å². The number of nitrogens with zero attached hydrogens (tertiary/aromatic N) is 4. The van der Waals surface area contributed by atoms with Gasteiger partial charge in [0.2, 0.25) is 0 Å². The number of aldehydes is 1. The molecule has 0 saturated heterocycles. The lowest BCUT2D eigenvalue weighted by atomic mass is 10.1. The summed E-state index contributed by atoms with van der Waals surface area (Å²) in [6, 6.07) is 6.00. The third-order valence-electron chi connectivity index (χ3n) is 3.66. The van der Waals surface area contributed by atoms with Crippen molar-refractivity contribution in [3.05, 3.63) is 94.1 Å². The fourth-order valence-electron chi connectivity index (χ4n) is 2.20. The molecule has 0 unspecified atom stereocenters. The number of esters is 1. The van der Waals surface area contributed by atoms with Crippen molar-refractivity contribution >= 4 is 41.1 Å². The summed E-state index contributed by atoms with van der Waals surface area (Å²) in [4.78, 5) is 60.3. The minimum atomic E-state index is -0.837. The molecular formula is C18H14N4O11. The van der Waals surface area contributed by atoms with Crippen LogP contribution in [0.15, 0.2) is 42.5 Å². The van der Waals surface area contributed by atoms with E-state index in [1.165, 1.54) is 12.1 Å². The highest BCUT2D eigenvalue weighted by Crippen LogP contribution is 2.25. The number of hydrogen-bond donors (Lipinski definition) is 0. The Morgan fingerprint density at radius 3 is 1.67 bits per heavy atom. The zero-order chi connectivity index (χ0) is 25.1. The van der Waals surface area contributed by atoms with Gasteiger partial charge in [0.25, 0.3) is 22.7 Å². The van der Waals surface area contributed by atoms with Crippen LogP contribution in [0.5, 0.6) is 0 Å². The Morgan fingerprint density at radius 2 is 1.27 bits per heavy atom. The van der Waals surface area contributed by atoms with E-state index in [2.05, 4.69) is 4.74 Å². The Hall–Kier alpha value is -5.08. The summed E-state index contributed by atoms with van der Waals surface area (Å²) in [5, 5.41) is 42.0. The molecule has 15 nitrogen and oxygen atoms in total. The van der Waals surface area contributed by atoms with Crippen LogP contribution in [0.3, 0.4) is 0 Å². The maximum Gasteiger partial charge on any atom is 0.330 e. The van der Waals surface area contributed by atoms with Crippen LogP contribution >= 0.6 is 0 Å². The zero-order valence-corrected chi connectivity index (χ0v) is 16.7. The number of rotatable bonds is 8. The predicted molar refractivity (Wildman–Crippen MR) is 111 cm³/mol. The van der Waals surface area contributed by atoms with Gasteiger partial charge in [-0.25, -0.2) is 4.79 Å². The fourth-order valence-corrected chi connectivity index (χ4v) is 2.20. The monoisotopic (exact) mass is 462 g/mol. The summed E-state index contributed by atoms with van der Waals surface area (Å²) in [6.45, 7) is 1.81. The third kappa shape index (κ3) is 7.59. The molecule has 172 valence electrons. The Balaban J connectivity index is 0.000000346. The van der Waals surface area contributed by atoms with Gasteiger partial charge in [-0.05, 0) is 25.1 Å². The van der Waals surface area contributed by atoms with E-state index >= 15 is 0 Å². The van der Waals surface area contributed by atoms with Crippen molar-refractivity contribution < 1.29 is 34.0 Å². The van der Waals surface area contributed by atoms with Crippen molar-refractivity contribution in [1.82, 2.24) is 0 Å². The van der Waals surface area contributed by atoms with Crippen LogP contribution < -0.4 is 0 Å². The van der Waals surface area contributed by atoms with Crippen molar-refractivity contribution in [3.63, 3.8) is 0 Å². The normalized spacial score (nSPS) is 9.97. The molecule has 33 heavy (non-hydrogen) atoms. The van der Waals surface area contributed by atoms with E-state index in [1.807, 2.05) is 0 Å². The first-order valence-electron chi connectivity index (χ1n) is 8.67. The van der Waals surface area contributed by atoms with Crippen LogP contribution in [0.2, 0.25) is 0 Å². The second kappa shape index (κ2) is 11.9. The first-order chi connectivity index (χ1) is 15.5. The number of carbonyl (C=O) groups excluding carboxylic acids is 2. The summed E-state index contributed by atoms with van der Waals surface area (Å²) in [6.07, 6.45) is 2.49. The molecule has 0 heterocycles. The molecule has 0 radical (unpaired) electrons. The highest BCUT2D eigenvalue weighted by Gasteiger charge is 2.19. The van der Waals surface area contributed by atoms with Crippen molar-refractivity contribution in [3.8, 4) is 0 Å². The summed E-state index contributed by atoms with van der Waals surface area (Å²) >= 11 is 0. The SMILES string of the molecule is CCOC(=O)/C=C/c1ccc([N+](=O)[O-])cc1[N+](=O)[O-].O=Cc1ccc([N+](=O)[O-])cc1[N+](=O)[O-]. The van der Waals surface area contributed by atoms with Crippen molar-refractivity contribution in [2.45, 2.75) is 6.92 Å². The molecular weight excluding hydrogens is 448 g/mol. The highest BCUT2D eigenvalue weighted by molar-refractivity contribution is 5.88. The first kappa shape index (κ1) is 26.0. The third-order valence-corrected chi connectivity index (χ3v) is 3.66. The summed E-state index contributed by atoms with van der Waals surface area (Å²) in [5.74, 6) is -0.643. The van der Waals surface area contributed by atoms with Crippen LogP contribution in [-0.4, -0.2) is 38.6 Å². The highest BCUT2D eigenvalue weighted by atomic mass is 16.6. The van der Waals surface area contributed by atoms with Gasteiger partial charge in [-0.15, -0.1) is 0 Å². The maximum absolute atomic E-state index is 11.1. The van der Waals surface area contributed by atoms with Crippen LogP contribution in [0, 0.1) is 40.5 Å². The smallest absolute Gasteiger partial charge is 0.330 e. The molecule has 2 rings (SSSR count). The van der Waals surface area contributed by atoms with E-state index in [-0.39, 0.29) is 29.7 Å². The molecule has 0 saturated carbocycles. The summed E-state index contributed by atoms with van der Waals surface area (Å²) in [5.41, 5.74) is -1.91. The topological polar surface area (TPSA) is 216 Å². The van der Waals surface area contributed by atoms with Crippen LogP contribution in [-0.2, 0) is 9.53 Å². The minimum Gasteiger partial charge on any atom is -0.463 e. The lowest BCUT2D eigenvalue weighted by molar-refractivity contribution is -0.394. The molecule has 0 bridgehead atoms. The second-order valence-corrected chi connectivity index (χ2v) is 5.72. The number of ether oxygens (including phenoxy) is 1.